The summed E-state index contributed by atoms with van der Waals surface area (Å²) in [5, 5.41) is 3.17. The standard InChI is InChI=1S/C18H21NO2/c1-18(2)11-15(14-8-9-21-16(14)12-18)19-17(20)10-13-6-4-3-5-7-13/h3-9,15H,10-12H2,1-2H3,(H,19,20). The molecule has 1 heterocycles. The first-order chi connectivity index (χ1) is 10.0. The van der Waals surface area contributed by atoms with E-state index < -0.39 is 0 Å². The molecule has 0 saturated heterocycles. The summed E-state index contributed by atoms with van der Waals surface area (Å²) in [5.41, 5.74) is 2.32. The average molecular weight is 283 g/mol. The smallest absolute Gasteiger partial charge is 0.224 e. The van der Waals surface area contributed by atoms with Gasteiger partial charge in [0.05, 0.1) is 18.7 Å². The predicted octanol–water partition coefficient (Wildman–Crippen LogP) is 3.65. The van der Waals surface area contributed by atoms with Crippen LogP contribution in [0.1, 0.15) is 43.2 Å². The summed E-state index contributed by atoms with van der Waals surface area (Å²) >= 11 is 0. The summed E-state index contributed by atoms with van der Waals surface area (Å²) < 4.78 is 5.57. The van der Waals surface area contributed by atoms with Gasteiger partial charge in [-0.2, -0.15) is 0 Å². The molecule has 1 atom stereocenters. The number of fused-ring (bicyclic) bond motifs is 1. The van der Waals surface area contributed by atoms with Crippen LogP contribution in [-0.4, -0.2) is 5.91 Å². The van der Waals surface area contributed by atoms with Gasteiger partial charge in [0, 0.05) is 12.0 Å². The summed E-state index contributed by atoms with van der Waals surface area (Å²) in [5.74, 6) is 1.08. The lowest BCUT2D eigenvalue weighted by molar-refractivity contribution is -0.121. The first-order valence-corrected chi connectivity index (χ1v) is 7.43. The molecule has 1 unspecified atom stereocenters. The van der Waals surface area contributed by atoms with E-state index in [1.54, 1.807) is 6.26 Å². The maximum atomic E-state index is 12.3. The van der Waals surface area contributed by atoms with Crippen molar-refractivity contribution in [3.05, 3.63) is 59.5 Å². The third-order valence-electron chi connectivity index (χ3n) is 4.09. The fourth-order valence-electron chi connectivity index (χ4n) is 3.13. The number of benzene rings is 1. The molecule has 0 aliphatic heterocycles. The second-order valence-corrected chi connectivity index (χ2v) is 6.63. The first-order valence-electron chi connectivity index (χ1n) is 7.43. The Morgan fingerprint density at radius 3 is 2.81 bits per heavy atom. The Balaban J connectivity index is 1.72. The quantitative estimate of drug-likeness (QED) is 0.934. The summed E-state index contributed by atoms with van der Waals surface area (Å²) in [6, 6.07) is 11.9. The van der Waals surface area contributed by atoms with Gasteiger partial charge in [-0.15, -0.1) is 0 Å². The molecule has 0 bridgehead atoms. The molecular weight excluding hydrogens is 262 g/mol. The minimum Gasteiger partial charge on any atom is -0.469 e. The van der Waals surface area contributed by atoms with Crippen LogP contribution in [0.2, 0.25) is 0 Å². The third-order valence-corrected chi connectivity index (χ3v) is 4.09. The van der Waals surface area contributed by atoms with Crippen LogP contribution in [-0.2, 0) is 17.6 Å². The number of hydrogen-bond acceptors (Lipinski definition) is 2. The minimum absolute atomic E-state index is 0.0544. The van der Waals surface area contributed by atoms with Crippen molar-refractivity contribution in [1.29, 1.82) is 0 Å². The highest BCUT2D eigenvalue weighted by Gasteiger charge is 2.34. The number of rotatable bonds is 3. The Kier molecular flexibility index (Phi) is 3.58. The van der Waals surface area contributed by atoms with Crippen LogP contribution in [0, 0.1) is 5.41 Å². The van der Waals surface area contributed by atoms with Crippen LogP contribution in [0.3, 0.4) is 0 Å². The molecule has 0 radical (unpaired) electrons. The Morgan fingerprint density at radius 1 is 1.29 bits per heavy atom. The highest BCUT2D eigenvalue weighted by molar-refractivity contribution is 5.79. The maximum absolute atomic E-state index is 12.3. The Labute approximate surface area is 125 Å². The number of amides is 1. The van der Waals surface area contributed by atoms with Crippen molar-refractivity contribution in [3.63, 3.8) is 0 Å². The van der Waals surface area contributed by atoms with Gasteiger partial charge in [-0.3, -0.25) is 4.79 Å². The highest BCUT2D eigenvalue weighted by atomic mass is 16.3. The minimum atomic E-state index is 0.0544. The van der Waals surface area contributed by atoms with Crippen molar-refractivity contribution in [3.8, 4) is 0 Å². The van der Waals surface area contributed by atoms with E-state index in [0.29, 0.717) is 6.42 Å². The third kappa shape index (κ3) is 3.18. The van der Waals surface area contributed by atoms with Crippen LogP contribution >= 0.6 is 0 Å². The van der Waals surface area contributed by atoms with E-state index >= 15 is 0 Å². The molecule has 1 amide bonds. The molecule has 1 aliphatic rings. The lowest BCUT2D eigenvalue weighted by atomic mass is 9.75. The van der Waals surface area contributed by atoms with E-state index in [1.165, 1.54) is 0 Å². The van der Waals surface area contributed by atoms with Crippen molar-refractivity contribution in [2.24, 2.45) is 5.41 Å². The Bertz CT molecular complexity index is 628. The fourth-order valence-corrected chi connectivity index (χ4v) is 3.13. The van der Waals surface area contributed by atoms with Crippen molar-refractivity contribution in [2.75, 3.05) is 0 Å². The summed E-state index contributed by atoms with van der Waals surface area (Å²) in [7, 11) is 0. The highest BCUT2D eigenvalue weighted by Crippen LogP contribution is 2.41. The van der Waals surface area contributed by atoms with E-state index in [9.17, 15) is 4.79 Å². The molecule has 21 heavy (non-hydrogen) atoms. The van der Waals surface area contributed by atoms with Gasteiger partial charge in [0.25, 0.3) is 0 Å². The van der Waals surface area contributed by atoms with Gasteiger partial charge in [0.15, 0.2) is 0 Å². The van der Waals surface area contributed by atoms with Crippen LogP contribution in [0.25, 0.3) is 0 Å². The number of hydrogen-bond donors (Lipinski definition) is 1. The zero-order valence-electron chi connectivity index (χ0n) is 12.6. The first kappa shape index (κ1) is 13.9. The molecular formula is C18H21NO2. The average Bonchev–Trinajstić information content (AvgIpc) is 2.86. The van der Waals surface area contributed by atoms with Crippen molar-refractivity contribution in [2.45, 2.75) is 39.2 Å². The Morgan fingerprint density at radius 2 is 2.05 bits per heavy atom. The van der Waals surface area contributed by atoms with Gasteiger partial charge in [0.1, 0.15) is 5.76 Å². The van der Waals surface area contributed by atoms with Crippen LogP contribution < -0.4 is 5.32 Å². The van der Waals surface area contributed by atoms with E-state index in [2.05, 4.69) is 19.2 Å². The van der Waals surface area contributed by atoms with Gasteiger partial charge in [-0.05, 0) is 23.5 Å². The molecule has 2 aromatic rings. The number of nitrogens with one attached hydrogen (secondary N) is 1. The topological polar surface area (TPSA) is 42.2 Å². The van der Waals surface area contributed by atoms with Gasteiger partial charge in [0.2, 0.25) is 5.91 Å². The zero-order chi connectivity index (χ0) is 14.9. The molecule has 1 N–H and O–H groups in total. The van der Waals surface area contributed by atoms with Gasteiger partial charge < -0.3 is 9.73 Å². The van der Waals surface area contributed by atoms with Crippen molar-refractivity contribution >= 4 is 5.91 Å². The normalized spacial score (nSPS) is 19.8. The molecule has 3 heteroatoms. The Hall–Kier alpha value is -2.03. The second-order valence-electron chi connectivity index (χ2n) is 6.63. The summed E-state index contributed by atoms with van der Waals surface area (Å²) in [4.78, 5) is 12.3. The molecule has 1 aromatic carbocycles. The summed E-state index contributed by atoms with van der Waals surface area (Å²) in [6.45, 7) is 4.43. The predicted molar refractivity (Wildman–Crippen MR) is 81.8 cm³/mol. The van der Waals surface area contributed by atoms with E-state index in [0.717, 1.165) is 29.7 Å². The zero-order valence-corrected chi connectivity index (χ0v) is 12.6. The molecule has 3 nitrogen and oxygen atoms in total. The van der Waals surface area contributed by atoms with Gasteiger partial charge in [-0.25, -0.2) is 0 Å². The number of carbonyl (C=O) groups excluding carboxylic acids is 1. The molecule has 0 fully saturated rings. The lowest BCUT2D eigenvalue weighted by Gasteiger charge is -2.34. The largest absolute Gasteiger partial charge is 0.469 e. The van der Waals surface area contributed by atoms with Gasteiger partial charge >= 0.3 is 0 Å². The molecule has 0 saturated carbocycles. The number of furan rings is 1. The number of carbonyl (C=O) groups is 1. The second kappa shape index (κ2) is 5.40. The van der Waals surface area contributed by atoms with Crippen molar-refractivity contribution < 1.29 is 9.21 Å². The molecule has 0 spiro atoms. The maximum Gasteiger partial charge on any atom is 0.224 e. The van der Waals surface area contributed by atoms with E-state index in [4.69, 9.17) is 4.42 Å². The molecule has 1 aromatic heterocycles. The molecule has 1 aliphatic carbocycles. The van der Waals surface area contributed by atoms with E-state index in [-0.39, 0.29) is 17.4 Å². The van der Waals surface area contributed by atoms with Crippen LogP contribution in [0.5, 0.6) is 0 Å². The van der Waals surface area contributed by atoms with Crippen molar-refractivity contribution in [1.82, 2.24) is 5.32 Å². The van der Waals surface area contributed by atoms with Crippen LogP contribution in [0.15, 0.2) is 47.1 Å². The van der Waals surface area contributed by atoms with Crippen LogP contribution in [0.4, 0.5) is 0 Å². The van der Waals surface area contributed by atoms with E-state index in [1.807, 2.05) is 36.4 Å². The lowest BCUT2D eigenvalue weighted by Crippen LogP contribution is -2.36. The van der Waals surface area contributed by atoms with Gasteiger partial charge in [-0.1, -0.05) is 44.2 Å². The SMILES string of the molecule is CC1(C)Cc2occc2C(NC(=O)Cc2ccccc2)C1. The fraction of sp³-hybridized carbons (Fsp3) is 0.389. The molecule has 3 rings (SSSR count). The monoisotopic (exact) mass is 283 g/mol. The molecule has 110 valence electrons. The summed E-state index contributed by atoms with van der Waals surface area (Å²) in [6.07, 6.45) is 4.02.